The summed E-state index contributed by atoms with van der Waals surface area (Å²) in [5.74, 6) is 0.318. The van der Waals surface area contributed by atoms with Gasteiger partial charge in [0.15, 0.2) is 0 Å². The summed E-state index contributed by atoms with van der Waals surface area (Å²) >= 11 is 0. The summed E-state index contributed by atoms with van der Waals surface area (Å²) in [5, 5.41) is 0. The average Bonchev–Trinajstić information content (AvgIpc) is 3.52. The van der Waals surface area contributed by atoms with Gasteiger partial charge in [-0.1, -0.05) is 0 Å². The van der Waals surface area contributed by atoms with E-state index in [1.54, 1.807) is 6.08 Å². The number of carbonyl (C=O) groups is 2. The van der Waals surface area contributed by atoms with E-state index in [1.807, 2.05) is 15.9 Å². The first-order valence-corrected chi connectivity index (χ1v) is 11.2. The van der Waals surface area contributed by atoms with Crippen LogP contribution >= 0.6 is 0 Å². The number of hydrogen-bond acceptors (Lipinski definition) is 3. The fourth-order valence-electron chi connectivity index (χ4n) is 4.69. The number of carbonyl (C=O) groups excluding carboxylic acids is 2. The standard InChI is InChI=1S/C23H34N4O2/c1-18-16-20(19(2)27(18)21-7-8-21)6-9-22(28)26-14-12-24(13-15-26)17-23(29)25-10-4-3-5-11-25/h6,9,16,21H,3-5,7-8,10-15,17H2,1-2H3/b9-6+. The van der Waals surface area contributed by atoms with Gasteiger partial charge in [0.2, 0.25) is 11.8 Å². The molecule has 3 aliphatic rings. The van der Waals surface area contributed by atoms with E-state index < -0.39 is 0 Å². The second-order valence-electron chi connectivity index (χ2n) is 8.80. The summed E-state index contributed by atoms with van der Waals surface area (Å²) in [7, 11) is 0. The number of piperazine rings is 1. The van der Waals surface area contributed by atoms with Gasteiger partial charge in [-0.3, -0.25) is 14.5 Å². The van der Waals surface area contributed by atoms with Crippen LogP contribution in [-0.2, 0) is 9.59 Å². The van der Waals surface area contributed by atoms with Gasteiger partial charge in [0.25, 0.3) is 0 Å². The fraction of sp³-hybridized carbons (Fsp3) is 0.652. The fourth-order valence-corrected chi connectivity index (χ4v) is 4.69. The normalized spacial score (nSPS) is 21.2. The van der Waals surface area contributed by atoms with Crippen molar-refractivity contribution in [1.29, 1.82) is 0 Å². The monoisotopic (exact) mass is 398 g/mol. The van der Waals surface area contributed by atoms with E-state index in [9.17, 15) is 9.59 Å². The van der Waals surface area contributed by atoms with Crippen molar-refractivity contribution in [2.24, 2.45) is 0 Å². The van der Waals surface area contributed by atoms with Crippen LogP contribution < -0.4 is 0 Å². The summed E-state index contributed by atoms with van der Waals surface area (Å²) in [6.07, 6.45) is 9.71. The molecule has 2 saturated heterocycles. The minimum Gasteiger partial charge on any atom is -0.346 e. The molecule has 0 aromatic carbocycles. The quantitative estimate of drug-likeness (QED) is 0.717. The van der Waals surface area contributed by atoms with Crippen molar-refractivity contribution in [2.45, 2.75) is 52.0 Å². The lowest BCUT2D eigenvalue weighted by atomic mass is 10.1. The van der Waals surface area contributed by atoms with Crippen LogP contribution in [0.15, 0.2) is 12.1 Å². The smallest absolute Gasteiger partial charge is 0.246 e. The molecule has 0 radical (unpaired) electrons. The summed E-state index contributed by atoms with van der Waals surface area (Å²) < 4.78 is 2.41. The first-order chi connectivity index (χ1) is 14.0. The number of likely N-dealkylation sites (tertiary alicyclic amines) is 1. The maximum atomic E-state index is 12.6. The van der Waals surface area contributed by atoms with Gasteiger partial charge in [0.1, 0.15) is 0 Å². The molecule has 2 aliphatic heterocycles. The molecular weight excluding hydrogens is 364 g/mol. The Morgan fingerprint density at radius 1 is 0.966 bits per heavy atom. The largest absolute Gasteiger partial charge is 0.346 e. The van der Waals surface area contributed by atoms with Crippen LogP contribution in [0.3, 0.4) is 0 Å². The molecule has 0 spiro atoms. The number of piperidine rings is 1. The highest BCUT2D eigenvalue weighted by molar-refractivity contribution is 5.92. The van der Waals surface area contributed by atoms with Gasteiger partial charge in [-0.05, 0) is 63.7 Å². The van der Waals surface area contributed by atoms with Crippen LogP contribution in [0.1, 0.15) is 55.1 Å². The molecule has 2 amide bonds. The predicted molar refractivity (Wildman–Crippen MR) is 115 cm³/mol. The number of aryl methyl sites for hydroxylation is 1. The molecular formula is C23H34N4O2. The zero-order valence-electron chi connectivity index (χ0n) is 17.9. The maximum absolute atomic E-state index is 12.6. The van der Waals surface area contributed by atoms with Gasteiger partial charge in [-0.25, -0.2) is 0 Å². The second kappa shape index (κ2) is 8.74. The van der Waals surface area contributed by atoms with Crippen LogP contribution in [0.4, 0.5) is 0 Å². The molecule has 158 valence electrons. The maximum Gasteiger partial charge on any atom is 0.246 e. The Kier molecular flexibility index (Phi) is 6.09. The van der Waals surface area contributed by atoms with E-state index in [4.69, 9.17) is 0 Å². The van der Waals surface area contributed by atoms with Crippen molar-refractivity contribution in [3.8, 4) is 0 Å². The summed E-state index contributed by atoms with van der Waals surface area (Å²) in [6, 6.07) is 2.84. The van der Waals surface area contributed by atoms with E-state index in [0.29, 0.717) is 25.7 Å². The highest BCUT2D eigenvalue weighted by Crippen LogP contribution is 2.38. The van der Waals surface area contributed by atoms with Crippen molar-refractivity contribution in [3.63, 3.8) is 0 Å². The molecule has 6 heteroatoms. The van der Waals surface area contributed by atoms with Crippen LogP contribution in [0.2, 0.25) is 0 Å². The van der Waals surface area contributed by atoms with E-state index in [0.717, 1.165) is 44.6 Å². The molecule has 1 aliphatic carbocycles. The number of aromatic nitrogens is 1. The van der Waals surface area contributed by atoms with Crippen molar-refractivity contribution in [3.05, 3.63) is 29.1 Å². The van der Waals surface area contributed by atoms with Gasteiger partial charge in [0.05, 0.1) is 6.54 Å². The summed E-state index contributed by atoms with van der Waals surface area (Å²) in [4.78, 5) is 31.2. The number of nitrogens with zero attached hydrogens (tertiary/aromatic N) is 4. The van der Waals surface area contributed by atoms with Gasteiger partial charge in [-0.2, -0.15) is 0 Å². The number of amides is 2. The first-order valence-electron chi connectivity index (χ1n) is 11.2. The Bertz CT molecular complexity index is 779. The molecule has 6 nitrogen and oxygen atoms in total. The zero-order chi connectivity index (χ0) is 20.4. The Labute approximate surface area is 174 Å². The number of rotatable bonds is 5. The number of hydrogen-bond donors (Lipinski definition) is 0. The molecule has 4 rings (SSSR count). The van der Waals surface area contributed by atoms with E-state index in [1.165, 1.54) is 30.7 Å². The Morgan fingerprint density at radius 3 is 2.31 bits per heavy atom. The van der Waals surface area contributed by atoms with Crippen molar-refractivity contribution in [2.75, 3.05) is 45.8 Å². The minimum absolute atomic E-state index is 0.0724. The van der Waals surface area contributed by atoms with Gasteiger partial charge in [0, 0.05) is 62.8 Å². The molecule has 0 bridgehead atoms. The van der Waals surface area contributed by atoms with E-state index in [2.05, 4.69) is 29.4 Å². The Morgan fingerprint density at radius 2 is 1.66 bits per heavy atom. The summed E-state index contributed by atoms with van der Waals surface area (Å²) in [6.45, 7) is 9.53. The lowest BCUT2D eigenvalue weighted by Gasteiger charge is -2.35. The third kappa shape index (κ3) is 4.74. The van der Waals surface area contributed by atoms with Gasteiger partial charge in [-0.15, -0.1) is 0 Å². The van der Waals surface area contributed by atoms with E-state index >= 15 is 0 Å². The molecule has 1 aromatic rings. The van der Waals surface area contributed by atoms with Crippen LogP contribution in [0, 0.1) is 13.8 Å². The van der Waals surface area contributed by atoms with Crippen LogP contribution in [0.5, 0.6) is 0 Å². The minimum atomic E-state index is 0.0724. The molecule has 0 unspecified atom stereocenters. The highest BCUT2D eigenvalue weighted by Gasteiger charge is 2.27. The molecule has 3 heterocycles. The van der Waals surface area contributed by atoms with Crippen molar-refractivity contribution in [1.82, 2.24) is 19.3 Å². The van der Waals surface area contributed by atoms with Crippen LogP contribution in [-0.4, -0.2) is 76.9 Å². The van der Waals surface area contributed by atoms with Gasteiger partial charge < -0.3 is 14.4 Å². The second-order valence-corrected chi connectivity index (χ2v) is 8.80. The SMILES string of the molecule is Cc1cc(/C=C/C(=O)N2CCN(CC(=O)N3CCCCC3)CC2)c(C)n1C1CC1. The topological polar surface area (TPSA) is 48.8 Å². The highest BCUT2D eigenvalue weighted by atomic mass is 16.2. The van der Waals surface area contributed by atoms with Crippen molar-refractivity contribution < 1.29 is 9.59 Å². The first kappa shape index (κ1) is 20.2. The molecule has 0 N–H and O–H groups in total. The lowest BCUT2D eigenvalue weighted by Crippen LogP contribution is -2.51. The zero-order valence-corrected chi connectivity index (χ0v) is 17.9. The molecule has 29 heavy (non-hydrogen) atoms. The van der Waals surface area contributed by atoms with Crippen LogP contribution in [0.25, 0.3) is 6.08 Å². The Balaban J connectivity index is 1.26. The predicted octanol–water partition coefficient (Wildman–Crippen LogP) is 2.61. The molecule has 3 fully saturated rings. The summed E-state index contributed by atoms with van der Waals surface area (Å²) in [5.41, 5.74) is 3.69. The average molecular weight is 399 g/mol. The molecule has 1 aromatic heterocycles. The third-order valence-electron chi connectivity index (χ3n) is 6.59. The van der Waals surface area contributed by atoms with Gasteiger partial charge >= 0.3 is 0 Å². The molecule has 0 atom stereocenters. The van der Waals surface area contributed by atoms with Crippen molar-refractivity contribution >= 4 is 17.9 Å². The lowest BCUT2D eigenvalue weighted by molar-refractivity contribution is -0.134. The van der Waals surface area contributed by atoms with E-state index in [-0.39, 0.29) is 11.8 Å². The Hall–Kier alpha value is -2.08. The third-order valence-corrected chi connectivity index (χ3v) is 6.59. The molecule has 1 saturated carbocycles.